The zero-order valence-electron chi connectivity index (χ0n) is 15.0. The third-order valence-corrected chi connectivity index (χ3v) is 5.36. The average Bonchev–Trinajstić information content (AvgIpc) is 2.72. The lowest BCUT2D eigenvalue weighted by molar-refractivity contribution is -0.0382. The summed E-state index contributed by atoms with van der Waals surface area (Å²) in [7, 11) is 3.08. The van der Waals surface area contributed by atoms with E-state index in [1.165, 1.54) is 7.11 Å². The van der Waals surface area contributed by atoms with Crippen LogP contribution in [0.3, 0.4) is 0 Å². The molecule has 0 aliphatic carbocycles. The van der Waals surface area contributed by atoms with Crippen molar-refractivity contribution in [2.24, 2.45) is 5.92 Å². The molecule has 2 aliphatic rings. The van der Waals surface area contributed by atoms with Crippen molar-refractivity contribution in [2.75, 3.05) is 26.1 Å². The van der Waals surface area contributed by atoms with Crippen molar-refractivity contribution < 1.29 is 19.0 Å². The lowest BCUT2D eigenvalue weighted by Crippen LogP contribution is -2.36. The molecule has 5 nitrogen and oxygen atoms in total. The van der Waals surface area contributed by atoms with Gasteiger partial charge in [-0.25, -0.2) is 4.79 Å². The molecule has 0 spiro atoms. The summed E-state index contributed by atoms with van der Waals surface area (Å²) < 4.78 is 16.3. The van der Waals surface area contributed by atoms with E-state index in [1.54, 1.807) is 7.11 Å². The molecule has 0 saturated carbocycles. The van der Waals surface area contributed by atoms with Gasteiger partial charge in [0, 0.05) is 23.8 Å². The molecule has 136 valence electrons. The standard InChI is InChI=1S/C21H23NO4/c1-24-15-9-10-18-17(12-15)20-16(4-3-11-26-20)19(22-18)13-5-7-14(8-6-13)21(23)25-2/h5-10,12,16,19-20,22H,3-4,11H2,1-2H3. The van der Waals surface area contributed by atoms with Crippen molar-refractivity contribution in [1.29, 1.82) is 0 Å². The molecule has 1 N–H and O–H groups in total. The first-order chi connectivity index (χ1) is 12.7. The fourth-order valence-electron chi connectivity index (χ4n) is 4.05. The normalized spacial score (nSPS) is 24.0. The van der Waals surface area contributed by atoms with Crippen LogP contribution in [0.4, 0.5) is 5.69 Å². The van der Waals surface area contributed by atoms with Gasteiger partial charge in [-0.1, -0.05) is 12.1 Å². The van der Waals surface area contributed by atoms with E-state index in [-0.39, 0.29) is 18.1 Å². The Morgan fingerprint density at radius 1 is 1.15 bits per heavy atom. The molecule has 2 aliphatic heterocycles. The molecule has 26 heavy (non-hydrogen) atoms. The SMILES string of the molecule is COC(=O)c1ccc(C2Nc3ccc(OC)cc3C3OCCCC23)cc1. The Labute approximate surface area is 153 Å². The maximum absolute atomic E-state index is 11.7. The van der Waals surface area contributed by atoms with Crippen LogP contribution in [-0.4, -0.2) is 26.8 Å². The minimum absolute atomic E-state index is 0.0559. The maximum atomic E-state index is 11.7. The zero-order valence-corrected chi connectivity index (χ0v) is 15.0. The molecule has 0 aromatic heterocycles. The lowest BCUT2D eigenvalue weighted by Gasteiger charge is -2.43. The fourth-order valence-corrected chi connectivity index (χ4v) is 4.05. The molecule has 2 aromatic rings. The summed E-state index contributed by atoms with van der Waals surface area (Å²) >= 11 is 0. The third kappa shape index (κ3) is 2.92. The van der Waals surface area contributed by atoms with E-state index in [0.29, 0.717) is 11.5 Å². The van der Waals surface area contributed by atoms with Crippen LogP contribution in [0.1, 0.15) is 46.5 Å². The van der Waals surface area contributed by atoms with Crippen LogP contribution in [0.15, 0.2) is 42.5 Å². The second-order valence-electron chi connectivity index (χ2n) is 6.79. The monoisotopic (exact) mass is 353 g/mol. The van der Waals surface area contributed by atoms with Gasteiger partial charge in [-0.2, -0.15) is 0 Å². The molecular formula is C21H23NO4. The van der Waals surface area contributed by atoms with Crippen molar-refractivity contribution in [3.05, 3.63) is 59.2 Å². The number of esters is 1. The van der Waals surface area contributed by atoms with E-state index in [0.717, 1.165) is 42.0 Å². The van der Waals surface area contributed by atoms with E-state index in [4.69, 9.17) is 14.2 Å². The van der Waals surface area contributed by atoms with E-state index in [2.05, 4.69) is 17.4 Å². The van der Waals surface area contributed by atoms with Crippen molar-refractivity contribution in [3.63, 3.8) is 0 Å². The Morgan fingerprint density at radius 3 is 2.69 bits per heavy atom. The third-order valence-electron chi connectivity index (χ3n) is 5.36. The fraction of sp³-hybridized carbons (Fsp3) is 0.381. The number of hydrogen-bond donors (Lipinski definition) is 1. The van der Waals surface area contributed by atoms with E-state index < -0.39 is 0 Å². The summed E-state index contributed by atoms with van der Waals surface area (Å²) in [6, 6.07) is 13.9. The largest absolute Gasteiger partial charge is 0.497 e. The molecule has 3 unspecified atom stereocenters. The molecule has 0 bridgehead atoms. The second-order valence-corrected chi connectivity index (χ2v) is 6.79. The molecule has 4 rings (SSSR count). The maximum Gasteiger partial charge on any atom is 0.337 e. The minimum Gasteiger partial charge on any atom is -0.497 e. The molecular weight excluding hydrogens is 330 g/mol. The molecule has 1 saturated heterocycles. The highest BCUT2D eigenvalue weighted by molar-refractivity contribution is 5.89. The van der Waals surface area contributed by atoms with Gasteiger partial charge in [0.2, 0.25) is 0 Å². The number of hydrogen-bond acceptors (Lipinski definition) is 5. The number of ether oxygens (including phenoxy) is 3. The van der Waals surface area contributed by atoms with Gasteiger partial charge in [-0.3, -0.25) is 0 Å². The van der Waals surface area contributed by atoms with E-state index in [1.807, 2.05) is 30.3 Å². The number of nitrogens with one attached hydrogen (secondary N) is 1. The van der Waals surface area contributed by atoms with Crippen LogP contribution in [0.25, 0.3) is 0 Å². The second kappa shape index (κ2) is 7.00. The van der Waals surface area contributed by atoms with Crippen molar-refractivity contribution >= 4 is 11.7 Å². The molecule has 3 atom stereocenters. The van der Waals surface area contributed by atoms with Crippen LogP contribution in [0.2, 0.25) is 0 Å². The van der Waals surface area contributed by atoms with Crippen LogP contribution in [0.5, 0.6) is 5.75 Å². The Hall–Kier alpha value is -2.53. The van der Waals surface area contributed by atoms with Gasteiger partial charge in [0.25, 0.3) is 0 Å². The Kier molecular flexibility index (Phi) is 4.55. The molecule has 2 aromatic carbocycles. The summed E-state index contributed by atoms with van der Waals surface area (Å²) in [5.41, 5.74) is 3.96. The predicted molar refractivity (Wildman–Crippen MR) is 98.6 cm³/mol. The van der Waals surface area contributed by atoms with E-state index in [9.17, 15) is 4.79 Å². The number of benzene rings is 2. The van der Waals surface area contributed by atoms with Crippen molar-refractivity contribution in [2.45, 2.75) is 25.0 Å². The lowest BCUT2D eigenvalue weighted by atomic mass is 9.77. The van der Waals surface area contributed by atoms with Crippen LogP contribution in [0, 0.1) is 5.92 Å². The number of anilines is 1. The van der Waals surface area contributed by atoms with Gasteiger partial charge in [-0.15, -0.1) is 0 Å². The first kappa shape index (κ1) is 16.9. The first-order valence-corrected chi connectivity index (χ1v) is 8.95. The number of fused-ring (bicyclic) bond motifs is 3. The summed E-state index contributed by atoms with van der Waals surface area (Å²) in [6.45, 7) is 0.784. The summed E-state index contributed by atoms with van der Waals surface area (Å²) in [5, 5.41) is 3.67. The predicted octanol–water partition coefficient (Wildman–Crippen LogP) is 4.12. The smallest absolute Gasteiger partial charge is 0.337 e. The van der Waals surface area contributed by atoms with Gasteiger partial charge in [-0.05, 0) is 48.7 Å². The van der Waals surface area contributed by atoms with Crippen molar-refractivity contribution in [1.82, 2.24) is 0 Å². The average molecular weight is 353 g/mol. The van der Waals surface area contributed by atoms with Gasteiger partial charge >= 0.3 is 5.97 Å². The quantitative estimate of drug-likeness (QED) is 0.842. The number of methoxy groups -OCH3 is 2. The highest BCUT2D eigenvalue weighted by atomic mass is 16.5. The Balaban J connectivity index is 1.69. The topological polar surface area (TPSA) is 56.8 Å². The van der Waals surface area contributed by atoms with Gasteiger partial charge in [0.1, 0.15) is 5.75 Å². The van der Waals surface area contributed by atoms with Crippen LogP contribution < -0.4 is 10.1 Å². The van der Waals surface area contributed by atoms with Crippen LogP contribution >= 0.6 is 0 Å². The molecule has 0 radical (unpaired) electrons. The molecule has 5 heteroatoms. The highest BCUT2D eigenvalue weighted by Crippen LogP contribution is 2.49. The Morgan fingerprint density at radius 2 is 1.96 bits per heavy atom. The minimum atomic E-state index is -0.315. The molecule has 2 heterocycles. The number of carbonyl (C=O) groups is 1. The summed E-state index contributed by atoms with van der Waals surface area (Å²) in [6.07, 6.45) is 2.21. The molecule has 0 amide bonds. The van der Waals surface area contributed by atoms with Gasteiger partial charge in [0.05, 0.1) is 31.9 Å². The van der Waals surface area contributed by atoms with Crippen LogP contribution in [-0.2, 0) is 9.47 Å². The number of carbonyl (C=O) groups excluding carboxylic acids is 1. The zero-order chi connectivity index (χ0) is 18.1. The highest BCUT2D eigenvalue weighted by Gasteiger charge is 2.40. The van der Waals surface area contributed by atoms with Gasteiger partial charge < -0.3 is 19.5 Å². The summed E-state index contributed by atoms with van der Waals surface area (Å²) in [5.74, 6) is 0.871. The number of rotatable bonds is 3. The first-order valence-electron chi connectivity index (χ1n) is 8.95. The van der Waals surface area contributed by atoms with Crippen molar-refractivity contribution in [3.8, 4) is 5.75 Å². The molecule has 1 fully saturated rings. The van der Waals surface area contributed by atoms with Gasteiger partial charge in [0.15, 0.2) is 0 Å². The van der Waals surface area contributed by atoms with E-state index >= 15 is 0 Å². The summed E-state index contributed by atoms with van der Waals surface area (Å²) in [4.78, 5) is 11.7. The Bertz CT molecular complexity index is 802.